The quantitative estimate of drug-likeness (QED) is 0.692. The average molecular weight is 222 g/mol. The third kappa shape index (κ3) is 1.80. The van der Waals surface area contributed by atoms with Gasteiger partial charge in [-0.2, -0.15) is 0 Å². The minimum absolute atomic E-state index is 0.391. The fraction of sp³-hybridized carbons (Fsp3) is 0.923. The van der Waals surface area contributed by atoms with Crippen molar-refractivity contribution in [2.24, 2.45) is 17.8 Å². The molecule has 3 heteroatoms. The largest absolute Gasteiger partial charge is 0.304 e. The molecule has 0 unspecified atom stereocenters. The second kappa shape index (κ2) is 4.11. The topological polar surface area (TPSA) is 23.6 Å². The van der Waals surface area contributed by atoms with Gasteiger partial charge < -0.3 is 9.80 Å². The first-order chi connectivity index (χ1) is 7.74. The summed E-state index contributed by atoms with van der Waals surface area (Å²) in [6.45, 7) is 5.67. The summed E-state index contributed by atoms with van der Waals surface area (Å²) in [6, 6.07) is 0. The third-order valence-electron chi connectivity index (χ3n) is 4.86. The first kappa shape index (κ1) is 10.7. The second-order valence-corrected chi connectivity index (χ2v) is 5.88. The molecule has 0 N–H and O–H groups in total. The highest BCUT2D eigenvalue weighted by Gasteiger charge is 2.46. The van der Waals surface area contributed by atoms with Crippen molar-refractivity contribution < 1.29 is 4.79 Å². The monoisotopic (exact) mass is 222 g/mol. The molecular formula is C13H22N2O. The molecule has 3 rings (SSSR count). The summed E-state index contributed by atoms with van der Waals surface area (Å²) in [7, 11) is 2.18. The molecule has 1 saturated heterocycles. The van der Waals surface area contributed by atoms with Crippen LogP contribution in [-0.2, 0) is 4.79 Å². The van der Waals surface area contributed by atoms with Crippen LogP contribution in [0.3, 0.4) is 0 Å². The van der Waals surface area contributed by atoms with Crippen LogP contribution < -0.4 is 0 Å². The normalized spacial score (nSPS) is 40.8. The predicted octanol–water partition coefficient (Wildman–Crippen LogP) is 0.849. The highest BCUT2D eigenvalue weighted by molar-refractivity contribution is 5.87. The first-order valence-electron chi connectivity index (χ1n) is 6.68. The lowest BCUT2D eigenvalue weighted by Gasteiger charge is -2.35. The zero-order valence-corrected chi connectivity index (χ0v) is 10.2. The Balaban J connectivity index is 1.57. The number of fused-ring (bicyclic) bond motifs is 2. The number of hydrogen-bond donors (Lipinski definition) is 0. The Morgan fingerprint density at radius 2 is 1.94 bits per heavy atom. The van der Waals surface area contributed by atoms with E-state index in [1.807, 2.05) is 0 Å². The van der Waals surface area contributed by atoms with Gasteiger partial charge in [0, 0.05) is 44.6 Å². The summed E-state index contributed by atoms with van der Waals surface area (Å²) in [5, 5.41) is 0. The zero-order valence-electron chi connectivity index (χ0n) is 10.2. The number of nitrogens with zero attached hydrogens (tertiary/aromatic N) is 2. The fourth-order valence-electron chi connectivity index (χ4n) is 3.72. The highest BCUT2D eigenvalue weighted by atomic mass is 16.1. The lowest BCUT2D eigenvalue weighted by molar-refractivity contribution is -0.126. The lowest BCUT2D eigenvalue weighted by Crippen LogP contribution is -2.47. The van der Waals surface area contributed by atoms with Crippen LogP contribution in [0.4, 0.5) is 0 Å². The second-order valence-electron chi connectivity index (χ2n) is 5.88. The van der Waals surface area contributed by atoms with E-state index in [2.05, 4.69) is 16.8 Å². The van der Waals surface area contributed by atoms with E-state index in [-0.39, 0.29) is 0 Å². The van der Waals surface area contributed by atoms with Crippen molar-refractivity contribution in [1.29, 1.82) is 0 Å². The smallest absolute Gasteiger partial charge is 0.140 e. The van der Waals surface area contributed by atoms with Crippen LogP contribution in [-0.4, -0.2) is 55.4 Å². The van der Waals surface area contributed by atoms with Crippen LogP contribution in [0.15, 0.2) is 0 Å². The van der Waals surface area contributed by atoms with Crippen molar-refractivity contribution in [3.63, 3.8) is 0 Å². The molecule has 0 radical (unpaired) electrons. The maximum absolute atomic E-state index is 12.1. The average Bonchev–Trinajstić information content (AvgIpc) is 2.85. The maximum atomic E-state index is 12.1. The molecule has 0 aromatic heterocycles. The van der Waals surface area contributed by atoms with Crippen LogP contribution in [0.2, 0.25) is 0 Å². The number of carbonyl (C=O) groups is 1. The van der Waals surface area contributed by atoms with E-state index in [1.165, 1.54) is 19.3 Å². The highest BCUT2D eigenvalue weighted by Crippen LogP contribution is 2.46. The van der Waals surface area contributed by atoms with E-state index in [4.69, 9.17) is 0 Å². The molecule has 3 fully saturated rings. The Morgan fingerprint density at radius 1 is 1.19 bits per heavy atom. The molecule has 0 aromatic carbocycles. The molecule has 2 aliphatic carbocycles. The number of ketones is 1. The Kier molecular flexibility index (Phi) is 2.76. The van der Waals surface area contributed by atoms with Crippen LogP contribution in [0, 0.1) is 17.8 Å². The zero-order chi connectivity index (χ0) is 11.1. The molecule has 1 aliphatic heterocycles. The summed E-state index contributed by atoms with van der Waals surface area (Å²) in [6.07, 6.45) is 3.70. The van der Waals surface area contributed by atoms with E-state index in [9.17, 15) is 4.79 Å². The molecule has 0 aromatic rings. The van der Waals surface area contributed by atoms with Crippen molar-refractivity contribution in [3.8, 4) is 0 Å². The molecule has 3 atom stereocenters. The SMILES string of the molecule is CN1CCN(C[C@H]2C(=O)[C@H]3CC[C@H]2C3)CC1. The predicted molar refractivity (Wildman–Crippen MR) is 63.3 cm³/mol. The van der Waals surface area contributed by atoms with Crippen molar-refractivity contribution in [2.75, 3.05) is 39.8 Å². The van der Waals surface area contributed by atoms with Crippen molar-refractivity contribution >= 4 is 5.78 Å². The molecule has 0 amide bonds. The van der Waals surface area contributed by atoms with Gasteiger partial charge in [-0.25, -0.2) is 0 Å². The van der Waals surface area contributed by atoms with E-state index >= 15 is 0 Å². The summed E-state index contributed by atoms with van der Waals surface area (Å²) in [5.74, 6) is 2.16. The minimum atomic E-state index is 0.391. The molecule has 2 saturated carbocycles. The number of likely N-dealkylation sites (N-methyl/N-ethyl adjacent to an activating group) is 1. The van der Waals surface area contributed by atoms with Gasteiger partial charge >= 0.3 is 0 Å². The Labute approximate surface area is 97.8 Å². The Morgan fingerprint density at radius 3 is 2.56 bits per heavy atom. The summed E-state index contributed by atoms with van der Waals surface area (Å²) < 4.78 is 0. The third-order valence-corrected chi connectivity index (χ3v) is 4.86. The molecule has 0 spiro atoms. The van der Waals surface area contributed by atoms with Crippen molar-refractivity contribution in [2.45, 2.75) is 19.3 Å². The number of hydrogen-bond acceptors (Lipinski definition) is 3. The molecule has 2 bridgehead atoms. The van der Waals surface area contributed by atoms with E-state index in [0.29, 0.717) is 17.6 Å². The van der Waals surface area contributed by atoms with Gasteiger partial charge in [-0.05, 0) is 32.2 Å². The number of piperazine rings is 1. The van der Waals surface area contributed by atoms with Gasteiger partial charge in [0.2, 0.25) is 0 Å². The summed E-state index contributed by atoms with van der Waals surface area (Å²) >= 11 is 0. The molecular weight excluding hydrogens is 200 g/mol. The molecule has 3 nitrogen and oxygen atoms in total. The number of Topliss-reactive ketones (excluding diaryl/α,β-unsaturated/α-hetero) is 1. The fourth-order valence-corrected chi connectivity index (χ4v) is 3.72. The van der Waals surface area contributed by atoms with Gasteiger partial charge in [-0.15, -0.1) is 0 Å². The van der Waals surface area contributed by atoms with Crippen LogP contribution in [0.1, 0.15) is 19.3 Å². The van der Waals surface area contributed by atoms with Crippen LogP contribution >= 0.6 is 0 Å². The minimum Gasteiger partial charge on any atom is -0.304 e. The van der Waals surface area contributed by atoms with Crippen molar-refractivity contribution in [1.82, 2.24) is 9.80 Å². The summed E-state index contributed by atoms with van der Waals surface area (Å²) in [4.78, 5) is 16.9. The lowest BCUT2D eigenvalue weighted by atomic mass is 9.87. The molecule has 1 heterocycles. The molecule has 16 heavy (non-hydrogen) atoms. The standard InChI is InChI=1S/C13H22N2O/c1-14-4-6-15(7-5-14)9-12-10-2-3-11(8-10)13(12)16/h10-12H,2-9H2,1H3/t10-,11-,12+/m0/s1. The van der Waals surface area contributed by atoms with Gasteiger partial charge in [-0.3, -0.25) is 4.79 Å². The summed E-state index contributed by atoms with van der Waals surface area (Å²) in [5.41, 5.74) is 0. The van der Waals surface area contributed by atoms with Gasteiger partial charge in [0.25, 0.3) is 0 Å². The van der Waals surface area contributed by atoms with Gasteiger partial charge in [0.05, 0.1) is 0 Å². The Hall–Kier alpha value is -0.410. The van der Waals surface area contributed by atoms with E-state index in [1.54, 1.807) is 0 Å². The van der Waals surface area contributed by atoms with E-state index in [0.717, 1.165) is 38.6 Å². The van der Waals surface area contributed by atoms with E-state index < -0.39 is 0 Å². The van der Waals surface area contributed by atoms with Gasteiger partial charge in [0.1, 0.15) is 5.78 Å². The van der Waals surface area contributed by atoms with Gasteiger partial charge in [-0.1, -0.05) is 0 Å². The number of rotatable bonds is 2. The first-order valence-corrected chi connectivity index (χ1v) is 6.68. The Bertz CT molecular complexity index is 284. The number of carbonyl (C=O) groups excluding carboxylic acids is 1. The van der Waals surface area contributed by atoms with Gasteiger partial charge in [0.15, 0.2) is 0 Å². The van der Waals surface area contributed by atoms with Crippen LogP contribution in [0.5, 0.6) is 0 Å². The van der Waals surface area contributed by atoms with Crippen LogP contribution in [0.25, 0.3) is 0 Å². The molecule has 3 aliphatic rings. The molecule has 90 valence electrons. The van der Waals surface area contributed by atoms with Crippen molar-refractivity contribution in [3.05, 3.63) is 0 Å². The maximum Gasteiger partial charge on any atom is 0.140 e.